The van der Waals surface area contributed by atoms with E-state index in [1.807, 2.05) is 121 Å². The Hall–Kier alpha value is -5.24. The monoisotopic (exact) mass is 769 g/mol. The van der Waals surface area contributed by atoms with Gasteiger partial charge in [0.25, 0.3) is 0 Å². The van der Waals surface area contributed by atoms with Crippen LogP contribution in [0.5, 0.6) is 0 Å². The van der Waals surface area contributed by atoms with E-state index in [9.17, 15) is 14.4 Å². The van der Waals surface area contributed by atoms with Crippen LogP contribution in [0.1, 0.15) is 65.7 Å². The van der Waals surface area contributed by atoms with Crippen LogP contribution >= 0.6 is 7.26 Å². The van der Waals surface area contributed by atoms with Gasteiger partial charge in [-0.3, -0.25) is 9.59 Å². The summed E-state index contributed by atoms with van der Waals surface area (Å²) in [5.41, 5.74) is -0.158. The highest BCUT2D eigenvalue weighted by atomic mass is 35.5. The number of carbonyl (C=O) groups excluding carboxylic acids is 4. The lowest BCUT2D eigenvalue weighted by Crippen LogP contribution is -3.00. The minimum Gasteiger partial charge on any atom is -1.00 e. The molecule has 0 aliphatic heterocycles. The van der Waals surface area contributed by atoms with Gasteiger partial charge < -0.3 is 36.3 Å². The van der Waals surface area contributed by atoms with Gasteiger partial charge in [0.2, 0.25) is 5.66 Å². The SMILES string of the molecule is COC(=O)CCc1c(C(=O)OC(C)(C)C)[nH]c(C(C(=O)OCc2ccccc2)[P+](c2ccccc2)(c2ccccc2)c2ccccc2)c1CC(=O)OC.[Cl-]. The van der Waals surface area contributed by atoms with Crippen molar-refractivity contribution in [3.8, 4) is 0 Å². The number of ether oxygens (including phenoxy) is 4. The number of hydrogen-bond acceptors (Lipinski definition) is 8. The van der Waals surface area contributed by atoms with Gasteiger partial charge in [-0.2, -0.15) is 0 Å². The Balaban J connectivity index is 0.00000650. The molecule has 1 heterocycles. The Morgan fingerprint density at radius 1 is 0.667 bits per heavy atom. The van der Waals surface area contributed by atoms with E-state index >= 15 is 4.79 Å². The Kier molecular flexibility index (Phi) is 14.4. The highest BCUT2D eigenvalue weighted by Gasteiger charge is 2.59. The van der Waals surface area contributed by atoms with Gasteiger partial charge in [0.15, 0.2) is 0 Å². The third kappa shape index (κ3) is 9.46. The largest absolute Gasteiger partial charge is 1.00 e. The van der Waals surface area contributed by atoms with E-state index in [1.165, 1.54) is 14.2 Å². The number of aromatic amines is 1. The summed E-state index contributed by atoms with van der Waals surface area (Å²) < 4.78 is 22.3. The van der Waals surface area contributed by atoms with Crippen LogP contribution in [0.2, 0.25) is 0 Å². The van der Waals surface area contributed by atoms with E-state index in [2.05, 4.69) is 4.98 Å². The molecule has 0 spiro atoms. The normalized spacial score (nSPS) is 11.8. The number of rotatable bonds is 14. The zero-order valence-electron chi connectivity index (χ0n) is 31.0. The van der Waals surface area contributed by atoms with Crippen LogP contribution in [0, 0.1) is 0 Å². The molecule has 5 aromatic rings. The van der Waals surface area contributed by atoms with Crippen molar-refractivity contribution in [3.63, 3.8) is 0 Å². The molecule has 54 heavy (non-hydrogen) atoms. The van der Waals surface area contributed by atoms with Crippen molar-refractivity contribution in [2.24, 2.45) is 0 Å². The fourth-order valence-electron chi connectivity index (χ4n) is 6.52. The van der Waals surface area contributed by atoms with Gasteiger partial charge in [0, 0.05) is 6.42 Å². The highest BCUT2D eigenvalue weighted by Crippen LogP contribution is 2.67. The number of hydrogen-bond donors (Lipinski definition) is 1. The van der Waals surface area contributed by atoms with Crippen LogP contribution in [-0.4, -0.2) is 48.7 Å². The zero-order valence-corrected chi connectivity index (χ0v) is 32.7. The number of halogens is 1. The van der Waals surface area contributed by atoms with Crippen LogP contribution in [0.15, 0.2) is 121 Å². The van der Waals surface area contributed by atoms with Crippen LogP contribution in [0.3, 0.4) is 0 Å². The molecule has 0 saturated heterocycles. The second kappa shape index (κ2) is 18.7. The first kappa shape index (κ1) is 41.5. The van der Waals surface area contributed by atoms with E-state index in [0.717, 1.165) is 21.5 Å². The standard InChI is InChI=1S/C43H44NO8P.ClH/c1-43(2,3)52-41(47)39-34(26-27-36(45)49-4)35(28-37(46)50-5)38(44-39)40(42(48)51-29-30-18-10-6-11-19-30)53(31-20-12-7-13-21-31,32-22-14-8-15-23-32)33-24-16-9-17-25-33;/h6-25,40H,26-29H2,1-5H3;1H. The first-order valence-electron chi connectivity index (χ1n) is 17.4. The van der Waals surface area contributed by atoms with Crippen molar-refractivity contribution in [2.75, 3.05) is 14.2 Å². The molecule has 0 saturated carbocycles. The van der Waals surface area contributed by atoms with E-state index in [-0.39, 0.29) is 44.0 Å². The molecule has 11 heteroatoms. The van der Waals surface area contributed by atoms with Gasteiger partial charge in [-0.15, -0.1) is 0 Å². The highest BCUT2D eigenvalue weighted by molar-refractivity contribution is 7.96. The van der Waals surface area contributed by atoms with Gasteiger partial charge >= 0.3 is 23.9 Å². The molecule has 1 atom stereocenters. The number of esters is 4. The molecule has 1 aromatic heterocycles. The first-order valence-corrected chi connectivity index (χ1v) is 19.2. The molecule has 5 rings (SSSR count). The van der Waals surface area contributed by atoms with Crippen molar-refractivity contribution < 1.29 is 50.5 Å². The second-order valence-electron chi connectivity index (χ2n) is 13.4. The maximum absolute atomic E-state index is 15.3. The molecular weight excluding hydrogens is 725 g/mol. The summed E-state index contributed by atoms with van der Waals surface area (Å²) in [5, 5.41) is 2.60. The Morgan fingerprint density at radius 3 is 1.57 bits per heavy atom. The van der Waals surface area contributed by atoms with Crippen molar-refractivity contribution >= 4 is 47.1 Å². The van der Waals surface area contributed by atoms with Gasteiger partial charge in [-0.05, 0) is 80.3 Å². The molecule has 0 bridgehead atoms. The Labute approximate surface area is 323 Å². The minimum atomic E-state index is -3.16. The van der Waals surface area contributed by atoms with Crippen molar-refractivity contribution in [2.45, 2.75) is 57.9 Å². The molecule has 0 amide bonds. The van der Waals surface area contributed by atoms with E-state index in [1.54, 1.807) is 20.8 Å². The molecule has 1 N–H and O–H groups in total. The van der Waals surface area contributed by atoms with Crippen LogP contribution in [0.4, 0.5) is 0 Å². The van der Waals surface area contributed by atoms with Crippen LogP contribution in [-0.2, 0) is 52.8 Å². The lowest BCUT2D eigenvalue weighted by Gasteiger charge is -2.33. The number of methoxy groups -OCH3 is 2. The molecule has 0 radical (unpaired) electrons. The smallest absolute Gasteiger partial charge is 0.355 e. The van der Waals surface area contributed by atoms with Gasteiger partial charge in [0.1, 0.15) is 41.1 Å². The summed E-state index contributed by atoms with van der Waals surface area (Å²) in [6.07, 6.45) is -0.386. The van der Waals surface area contributed by atoms with Gasteiger partial charge in [-0.1, -0.05) is 84.9 Å². The Morgan fingerprint density at radius 2 is 1.13 bits per heavy atom. The lowest BCUT2D eigenvalue weighted by atomic mass is 9.99. The molecule has 9 nitrogen and oxygen atoms in total. The van der Waals surface area contributed by atoms with Crippen molar-refractivity contribution in [1.82, 2.24) is 4.98 Å². The second-order valence-corrected chi connectivity index (χ2v) is 16.9. The maximum atomic E-state index is 15.3. The molecule has 282 valence electrons. The molecule has 0 aliphatic rings. The third-order valence-electron chi connectivity index (χ3n) is 8.81. The topological polar surface area (TPSA) is 121 Å². The van der Waals surface area contributed by atoms with Gasteiger partial charge in [-0.25, -0.2) is 9.59 Å². The fourth-order valence-corrected chi connectivity index (χ4v) is 11.2. The molecule has 1 unspecified atom stereocenters. The summed E-state index contributed by atoms with van der Waals surface area (Å²) >= 11 is 0. The summed E-state index contributed by atoms with van der Waals surface area (Å²) in [6.45, 7) is 5.23. The maximum Gasteiger partial charge on any atom is 0.355 e. The van der Waals surface area contributed by atoms with E-state index < -0.39 is 42.4 Å². The number of aromatic nitrogens is 1. The summed E-state index contributed by atoms with van der Waals surface area (Å²) in [7, 11) is -0.605. The van der Waals surface area contributed by atoms with E-state index in [0.29, 0.717) is 16.8 Å². The number of nitrogens with one attached hydrogen (secondary N) is 1. The molecule has 0 aliphatic carbocycles. The van der Waals surface area contributed by atoms with Crippen LogP contribution < -0.4 is 28.3 Å². The summed E-state index contributed by atoms with van der Waals surface area (Å²) in [6, 6.07) is 38.7. The molecular formula is C43H45ClNO8P. The van der Waals surface area contributed by atoms with Gasteiger partial charge in [0.05, 0.1) is 26.3 Å². The molecule has 0 fully saturated rings. The van der Waals surface area contributed by atoms with Crippen molar-refractivity contribution in [3.05, 3.63) is 149 Å². The molecule has 4 aromatic carbocycles. The average Bonchev–Trinajstić information content (AvgIpc) is 3.52. The predicted octanol–water partition coefficient (Wildman–Crippen LogP) is 3.57. The quantitative estimate of drug-likeness (QED) is 0.104. The number of carbonyl (C=O) groups is 4. The predicted molar refractivity (Wildman–Crippen MR) is 206 cm³/mol. The zero-order chi connectivity index (χ0) is 38.0. The van der Waals surface area contributed by atoms with Crippen molar-refractivity contribution in [1.29, 1.82) is 0 Å². The third-order valence-corrected chi connectivity index (χ3v) is 13.4. The lowest BCUT2D eigenvalue weighted by molar-refractivity contribution is -0.145. The average molecular weight is 770 g/mol. The number of H-pyrrole nitrogens is 1. The summed E-state index contributed by atoms with van der Waals surface area (Å²) in [5.74, 6) is -2.37. The van der Waals surface area contributed by atoms with E-state index in [4.69, 9.17) is 18.9 Å². The fraction of sp³-hybridized carbons (Fsp3) is 0.256. The number of benzene rings is 4. The first-order chi connectivity index (χ1) is 25.5. The Bertz CT molecular complexity index is 1920. The van der Waals surface area contributed by atoms with Crippen LogP contribution in [0.25, 0.3) is 0 Å². The minimum absolute atomic E-state index is 0. The summed E-state index contributed by atoms with van der Waals surface area (Å²) in [4.78, 5) is 58.6.